The average Bonchev–Trinajstić information content (AvgIpc) is 3.26. The number of aliphatic imine (C=N–C) groups is 2. The third-order valence-corrected chi connectivity index (χ3v) is 10.6. The molecule has 55 heavy (non-hydrogen) atoms. The van der Waals surface area contributed by atoms with Crippen LogP contribution < -0.4 is 0 Å². The molecule has 0 saturated heterocycles. The molecule has 0 atom stereocenters. The molecule has 5 heteroatoms. The van der Waals surface area contributed by atoms with Crippen LogP contribution in [0.15, 0.2) is 174 Å². The van der Waals surface area contributed by atoms with Crippen LogP contribution in [-0.2, 0) is 0 Å². The number of aromatic nitrogens is 3. The van der Waals surface area contributed by atoms with Crippen LogP contribution in [0.4, 0.5) is 11.4 Å². The van der Waals surface area contributed by atoms with Crippen molar-refractivity contribution in [1.82, 2.24) is 15.0 Å². The highest BCUT2D eigenvalue weighted by Crippen LogP contribution is 2.45. The lowest BCUT2D eigenvalue weighted by atomic mass is 9.93. The van der Waals surface area contributed by atoms with E-state index in [0.717, 1.165) is 99.1 Å². The first-order chi connectivity index (χ1) is 27.2. The molecule has 0 aliphatic carbocycles. The van der Waals surface area contributed by atoms with Crippen LogP contribution >= 0.6 is 0 Å². The lowest BCUT2D eigenvalue weighted by Gasteiger charge is -2.15. The summed E-state index contributed by atoms with van der Waals surface area (Å²) in [6.45, 7) is 5.87. The number of benzene rings is 8. The Labute approximate surface area is 318 Å². The smallest absolute Gasteiger partial charge is 0.0971 e. The Morgan fingerprint density at radius 2 is 0.873 bits per heavy atom. The Morgan fingerprint density at radius 1 is 0.418 bits per heavy atom. The van der Waals surface area contributed by atoms with Gasteiger partial charge in [-0.2, -0.15) is 0 Å². The molecular formula is C50H33N5. The highest BCUT2D eigenvalue weighted by molar-refractivity contribution is 6.23. The first kappa shape index (κ1) is 32.3. The summed E-state index contributed by atoms with van der Waals surface area (Å²) in [5.41, 5.74) is 11.8. The van der Waals surface area contributed by atoms with Gasteiger partial charge in [0.15, 0.2) is 0 Å². The van der Waals surface area contributed by atoms with E-state index in [1.165, 1.54) is 11.1 Å². The van der Waals surface area contributed by atoms with Crippen molar-refractivity contribution >= 4 is 78.4 Å². The largest absolute Gasteiger partial charge is 0.262 e. The summed E-state index contributed by atoms with van der Waals surface area (Å²) < 4.78 is 0. The van der Waals surface area contributed by atoms with Gasteiger partial charge in [-0.05, 0) is 81.7 Å². The summed E-state index contributed by atoms with van der Waals surface area (Å²) in [6, 6.07) is 53.6. The molecule has 2 aromatic heterocycles. The standard InChI is InChI=1S/C50H33N5/c1-3-52-48-39-15-9-7-13-37(39)43-27-34(21-23-41(43)47(48)51-2)45-29-36(33-19-17-32(18-20-33)31-11-5-4-6-12-31)30-46(55-45)35-22-24-42-44(28-35)38-14-8-10-16-40(38)49-50(42)54-26-25-53-49/h3-30H,2H2,1H3. The van der Waals surface area contributed by atoms with Gasteiger partial charge in [-0.25, -0.2) is 4.98 Å². The first-order valence-electron chi connectivity index (χ1n) is 18.4. The molecule has 0 spiro atoms. The first-order valence-corrected chi connectivity index (χ1v) is 18.4. The zero-order valence-electron chi connectivity index (χ0n) is 30.1. The molecule has 0 bridgehead atoms. The fourth-order valence-corrected chi connectivity index (χ4v) is 8.00. The molecule has 0 radical (unpaired) electrons. The van der Waals surface area contributed by atoms with Crippen LogP contribution in [0.1, 0.15) is 6.92 Å². The van der Waals surface area contributed by atoms with Gasteiger partial charge in [0.25, 0.3) is 0 Å². The fourth-order valence-electron chi connectivity index (χ4n) is 8.00. The van der Waals surface area contributed by atoms with E-state index in [2.05, 4.69) is 151 Å². The van der Waals surface area contributed by atoms with Gasteiger partial charge in [-0.1, -0.05) is 127 Å². The Kier molecular flexibility index (Phi) is 7.77. The van der Waals surface area contributed by atoms with E-state index in [1.54, 1.807) is 12.4 Å². The maximum absolute atomic E-state index is 5.40. The number of pyridine rings is 1. The maximum Gasteiger partial charge on any atom is 0.0971 e. The second-order valence-electron chi connectivity index (χ2n) is 13.7. The second-order valence-corrected chi connectivity index (χ2v) is 13.7. The van der Waals surface area contributed by atoms with Crippen molar-refractivity contribution in [1.29, 1.82) is 0 Å². The molecule has 0 amide bonds. The second kappa shape index (κ2) is 13.2. The molecule has 5 nitrogen and oxygen atoms in total. The van der Waals surface area contributed by atoms with Gasteiger partial charge in [-0.3, -0.25) is 20.0 Å². The van der Waals surface area contributed by atoms with E-state index in [4.69, 9.17) is 19.9 Å². The van der Waals surface area contributed by atoms with Crippen molar-refractivity contribution in [2.75, 3.05) is 0 Å². The quantitative estimate of drug-likeness (QED) is 0.128. The Morgan fingerprint density at radius 3 is 1.49 bits per heavy atom. The number of hydrogen-bond donors (Lipinski definition) is 0. The lowest BCUT2D eigenvalue weighted by molar-refractivity contribution is 1.31. The van der Waals surface area contributed by atoms with E-state index in [1.807, 2.05) is 25.3 Å². The summed E-state index contributed by atoms with van der Waals surface area (Å²) in [5.74, 6) is 0. The number of nitrogens with zero attached hydrogens (tertiary/aromatic N) is 5. The van der Waals surface area contributed by atoms with Gasteiger partial charge in [-0.15, -0.1) is 0 Å². The minimum Gasteiger partial charge on any atom is -0.262 e. The Hall–Kier alpha value is -7.37. The van der Waals surface area contributed by atoms with Gasteiger partial charge in [0, 0.05) is 51.3 Å². The van der Waals surface area contributed by atoms with E-state index in [9.17, 15) is 0 Å². The molecule has 0 fully saturated rings. The molecule has 10 rings (SSSR count). The van der Waals surface area contributed by atoms with Crippen LogP contribution in [0.2, 0.25) is 0 Å². The molecule has 2 heterocycles. The van der Waals surface area contributed by atoms with Gasteiger partial charge < -0.3 is 0 Å². The fraction of sp³-hybridized carbons (Fsp3) is 0.0200. The van der Waals surface area contributed by atoms with Crippen molar-refractivity contribution in [3.63, 3.8) is 0 Å². The minimum absolute atomic E-state index is 0.778. The van der Waals surface area contributed by atoms with Crippen molar-refractivity contribution in [3.05, 3.63) is 164 Å². The third-order valence-electron chi connectivity index (χ3n) is 10.6. The number of fused-ring (bicyclic) bond motifs is 9. The van der Waals surface area contributed by atoms with Gasteiger partial charge in [0.2, 0.25) is 0 Å². The zero-order chi connectivity index (χ0) is 36.9. The summed E-state index contributed by atoms with van der Waals surface area (Å²) in [7, 11) is 0. The van der Waals surface area contributed by atoms with Crippen molar-refractivity contribution in [3.8, 4) is 44.8 Å². The zero-order valence-corrected chi connectivity index (χ0v) is 30.1. The van der Waals surface area contributed by atoms with E-state index >= 15 is 0 Å². The molecule has 0 aliphatic rings. The van der Waals surface area contributed by atoms with Crippen LogP contribution in [0.5, 0.6) is 0 Å². The number of hydrogen-bond acceptors (Lipinski definition) is 5. The van der Waals surface area contributed by atoms with Gasteiger partial charge in [0.1, 0.15) is 0 Å². The van der Waals surface area contributed by atoms with E-state index < -0.39 is 0 Å². The molecule has 0 saturated carbocycles. The Bertz CT molecular complexity index is 3130. The number of rotatable bonds is 6. The molecular weight excluding hydrogens is 671 g/mol. The monoisotopic (exact) mass is 703 g/mol. The Balaban J connectivity index is 1.20. The molecule has 258 valence electrons. The molecule has 0 N–H and O–H groups in total. The maximum atomic E-state index is 5.40. The summed E-state index contributed by atoms with van der Waals surface area (Å²) in [6.07, 6.45) is 5.34. The van der Waals surface area contributed by atoms with E-state index in [0.29, 0.717) is 0 Å². The third kappa shape index (κ3) is 5.44. The normalized spacial score (nSPS) is 11.7. The highest BCUT2D eigenvalue weighted by atomic mass is 14.8. The van der Waals surface area contributed by atoms with Crippen LogP contribution in [0, 0.1) is 0 Å². The average molecular weight is 704 g/mol. The van der Waals surface area contributed by atoms with Crippen LogP contribution in [0.3, 0.4) is 0 Å². The van der Waals surface area contributed by atoms with Crippen molar-refractivity contribution in [2.45, 2.75) is 6.92 Å². The summed E-state index contributed by atoms with van der Waals surface area (Å²) >= 11 is 0. The molecule has 0 unspecified atom stereocenters. The van der Waals surface area contributed by atoms with E-state index in [-0.39, 0.29) is 0 Å². The topological polar surface area (TPSA) is 63.4 Å². The molecule has 10 aromatic rings. The predicted molar refractivity (Wildman–Crippen MR) is 232 cm³/mol. The predicted octanol–water partition coefficient (Wildman–Crippen LogP) is 13.4. The van der Waals surface area contributed by atoms with Crippen LogP contribution in [0.25, 0.3) is 98.9 Å². The van der Waals surface area contributed by atoms with Crippen molar-refractivity contribution in [2.24, 2.45) is 9.98 Å². The lowest BCUT2D eigenvalue weighted by Crippen LogP contribution is -1.93. The highest BCUT2D eigenvalue weighted by Gasteiger charge is 2.17. The van der Waals surface area contributed by atoms with Crippen LogP contribution in [-0.4, -0.2) is 27.9 Å². The summed E-state index contributed by atoms with van der Waals surface area (Å²) in [5, 5.41) is 8.64. The molecule has 0 aliphatic heterocycles. The molecule has 8 aromatic carbocycles. The van der Waals surface area contributed by atoms with Gasteiger partial charge in [0.05, 0.1) is 33.8 Å². The summed E-state index contributed by atoms with van der Waals surface area (Å²) in [4.78, 5) is 24.1. The minimum atomic E-state index is 0.778. The van der Waals surface area contributed by atoms with Crippen molar-refractivity contribution < 1.29 is 0 Å². The SMILES string of the molecule is C=Nc1c(N=CC)c2ccccc2c2cc(-c3cc(-c4ccc(-c5ccccc5)cc4)cc(-c4ccc5c(c4)c4ccccc4c4nccnc54)n3)ccc12. The van der Waals surface area contributed by atoms with Gasteiger partial charge >= 0.3 is 0 Å².